The molecule has 2 rings (SSSR count). The van der Waals surface area contributed by atoms with Crippen LogP contribution in [0.15, 0.2) is 30.5 Å². The first-order valence-electron chi connectivity index (χ1n) is 7.31. The Bertz CT molecular complexity index is 744. The van der Waals surface area contributed by atoms with Gasteiger partial charge in [0, 0.05) is 45.4 Å². The minimum absolute atomic E-state index is 0.0495. The second-order valence-electron chi connectivity index (χ2n) is 5.40. The summed E-state index contributed by atoms with van der Waals surface area (Å²) in [4.78, 5) is 23.0. The molecule has 0 saturated heterocycles. The average Bonchev–Trinajstić information content (AvgIpc) is 2.96. The van der Waals surface area contributed by atoms with Gasteiger partial charge in [-0.2, -0.15) is 5.10 Å². The first-order valence-corrected chi connectivity index (χ1v) is 7.31. The topological polar surface area (TPSA) is 93.3 Å². The van der Waals surface area contributed by atoms with E-state index < -0.39 is 10.7 Å². The van der Waals surface area contributed by atoms with E-state index in [1.54, 1.807) is 31.0 Å². The molecular formula is C15H18FN5O3. The van der Waals surface area contributed by atoms with Crippen LogP contribution in [0.2, 0.25) is 0 Å². The number of amides is 1. The molecule has 0 fully saturated rings. The molecule has 0 aliphatic heterocycles. The van der Waals surface area contributed by atoms with Crippen molar-refractivity contribution >= 4 is 23.1 Å². The van der Waals surface area contributed by atoms with E-state index in [2.05, 4.69) is 10.4 Å². The highest BCUT2D eigenvalue weighted by Gasteiger charge is 2.11. The molecule has 0 aliphatic carbocycles. The predicted molar refractivity (Wildman–Crippen MR) is 86.5 cm³/mol. The maximum absolute atomic E-state index is 13.8. The molecule has 0 aliphatic rings. The lowest BCUT2D eigenvalue weighted by Gasteiger charge is -2.09. The molecule has 128 valence electrons. The number of non-ortho nitro benzene ring substituents is 1. The van der Waals surface area contributed by atoms with Crippen molar-refractivity contribution in [1.82, 2.24) is 14.7 Å². The molecule has 1 aromatic heterocycles. The van der Waals surface area contributed by atoms with Gasteiger partial charge < -0.3 is 10.2 Å². The van der Waals surface area contributed by atoms with Gasteiger partial charge in [-0.1, -0.05) is 0 Å². The lowest BCUT2D eigenvalue weighted by Crippen LogP contribution is -2.21. The molecule has 1 aromatic carbocycles. The smallest absolute Gasteiger partial charge is 0.272 e. The van der Waals surface area contributed by atoms with Crippen LogP contribution in [-0.4, -0.2) is 39.6 Å². The summed E-state index contributed by atoms with van der Waals surface area (Å²) in [6, 6.07) is 5.03. The summed E-state index contributed by atoms with van der Waals surface area (Å²) < 4.78 is 15.5. The second kappa shape index (κ2) is 7.53. The van der Waals surface area contributed by atoms with E-state index in [1.807, 2.05) is 0 Å². The van der Waals surface area contributed by atoms with Crippen LogP contribution in [0.3, 0.4) is 0 Å². The van der Waals surface area contributed by atoms with E-state index in [1.165, 1.54) is 17.0 Å². The van der Waals surface area contributed by atoms with Gasteiger partial charge in [-0.25, -0.2) is 4.39 Å². The Morgan fingerprint density at radius 2 is 2.17 bits per heavy atom. The quantitative estimate of drug-likeness (QED) is 0.620. The molecule has 9 heteroatoms. The lowest BCUT2D eigenvalue weighted by atomic mass is 10.2. The van der Waals surface area contributed by atoms with Gasteiger partial charge in [0.15, 0.2) is 11.6 Å². The molecule has 1 heterocycles. The SMILES string of the molecule is CN(C)C(=O)CCCn1ccc(Nc2ccc([N+](=O)[O-])cc2F)n1. The van der Waals surface area contributed by atoms with E-state index in [-0.39, 0.29) is 17.3 Å². The zero-order chi connectivity index (χ0) is 17.7. The third-order valence-electron chi connectivity index (χ3n) is 3.34. The highest BCUT2D eigenvalue weighted by atomic mass is 19.1. The Hall–Kier alpha value is -2.97. The number of carbonyl (C=O) groups excluding carboxylic acids is 1. The molecule has 24 heavy (non-hydrogen) atoms. The van der Waals surface area contributed by atoms with Gasteiger partial charge in [0.2, 0.25) is 5.91 Å². The minimum atomic E-state index is -0.727. The fourth-order valence-corrected chi connectivity index (χ4v) is 2.03. The summed E-state index contributed by atoms with van der Waals surface area (Å²) >= 11 is 0. The molecule has 1 amide bonds. The number of hydrogen-bond acceptors (Lipinski definition) is 5. The number of nitrogens with one attached hydrogen (secondary N) is 1. The summed E-state index contributed by atoms with van der Waals surface area (Å²) in [5, 5.41) is 17.6. The van der Waals surface area contributed by atoms with Crippen molar-refractivity contribution in [3.63, 3.8) is 0 Å². The van der Waals surface area contributed by atoms with E-state index in [0.29, 0.717) is 25.2 Å². The maximum Gasteiger partial charge on any atom is 0.272 e. The molecule has 0 unspecified atom stereocenters. The van der Waals surface area contributed by atoms with Crippen LogP contribution < -0.4 is 5.32 Å². The summed E-state index contributed by atoms with van der Waals surface area (Å²) in [7, 11) is 3.41. The molecule has 0 saturated carbocycles. The van der Waals surface area contributed by atoms with Crippen LogP contribution in [0.5, 0.6) is 0 Å². The van der Waals surface area contributed by atoms with Gasteiger partial charge >= 0.3 is 0 Å². The first kappa shape index (κ1) is 17.4. The third kappa shape index (κ3) is 4.51. The third-order valence-corrected chi connectivity index (χ3v) is 3.34. The van der Waals surface area contributed by atoms with E-state index in [9.17, 15) is 19.3 Å². The van der Waals surface area contributed by atoms with Crippen LogP contribution in [0.1, 0.15) is 12.8 Å². The van der Waals surface area contributed by atoms with Gasteiger partial charge in [-0.05, 0) is 12.5 Å². The second-order valence-corrected chi connectivity index (χ2v) is 5.40. The largest absolute Gasteiger partial charge is 0.349 e. The average molecular weight is 335 g/mol. The Labute approximate surface area is 138 Å². The normalized spacial score (nSPS) is 10.5. The number of rotatable bonds is 7. The van der Waals surface area contributed by atoms with Gasteiger partial charge in [-0.15, -0.1) is 0 Å². The number of hydrogen-bond donors (Lipinski definition) is 1. The van der Waals surface area contributed by atoms with Crippen LogP contribution in [-0.2, 0) is 11.3 Å². The fourth-order valence-electron chi connectivity index (χ4n) is 2.03. The van der Waals surface area contributed by atoms with Crippen molar-refractivity contribution < 1.29 is 14.1 Å². The number of aromatic nitrogens is 2. The number of nitrogens with zero attached hydrogens (tertiary/aromatic N) is 4. The molecule has 0 bridgehead atoms. The zero-order valence-corrected chi connectivity index (χ0v) is 13.4. The van der Waals surface area contributed by atoms with Gasteiger partial charge in [0.1, 0.15) is 0 Å². The Balaban J connectivity index is 1.94. The molecule has 0 spiro atoms. The zero-order valence-electron chi connectivity index (χ0n) is 13.4. The van der Waals surface area contributed by atoms with E-state index in [4.69, 9.17) is 0 Å². The molecule has 0 radical (unpaired) electrons. The summed E-state index contributed by atoms with van der Waals surface area (Å²) in [5.41, 5.74) is -0.206. The Morgan fingerprint density at radius 1 is 1.42 bits per heavy atom. The number of halogens is 1. The van der Waals surface area contributed by atoms with Crippen LogP contribution in [0, 0.1) is 15.9 Å². The highest BCUT2D eigenvalue weighted by molar-refractivity contribution is 5.75. The molecule has 1 N–H and O–H groups in total. The Kier molecular flexibility index (Phi) is 5.46. The molecule has 2 aromatic rings. The van der Waals surface area contributed by atoms with Crippen LogP contribution in [0.4, 0.5) is 21.6 Å². The first-order chi connectivity index (χ1) is 11.4. The van der Waals surface area contributed by atoms with Gasteiger partial charge in [-0.3, -0.25) is 19.6 Å². The minimum Gasteiger partial charge on any atom is -0.349 e. The molecular weight excluding hydrogens is 317 g/mol. The maximum atomic E-state index is 13.8. The van der Waals surface area contributed by atoms with Gasteiger partial charge in [0.25, 0.3) is 5.69 Å². The highest BCUT2D eigenvalue weighted by Crippen LogP contribution is 2.23. The van der Waals surface area contributed by atoms with Crippen molar-refractivity contribution in [3.8, 4) is 0 Å². The van der Waals surface area contributed by atoms with E-state index in [0.717, 1.165) is 6.07 Å². The number of nitro benzene ring substituents is 1. The van der Waals surface area contributed by atoms with Crippen LogP contribution >= 0.6 is 0 Å². The van der Waals surface area contributed by atoms with Crippen molar-refractivity contribution in [3.05, 3.63) is 46.4 Å². The van der Waals surface area contributed by atoms with Gasteiger partial charge in [0.05, 0.1) is 16.7 Å². The van der Waals surface area contributed by atoms with Crippen molar-refractivity contribution in [1.29, 1.82) is 0 Å². The molecule has 0 atom stereocenters. The van der Waals surface area contributed by atoms with Crippen molar-refractivity contribution in [2.24, 2.45) is 0 Å². The molecule has 8 nitrogen and oxygen atoms in total. The summed E-state index contributed by atoms with van der Waals surface area (Å²) in [5.74, 6) is -0.259. The van der Waals surface area contributed by atoms with Crippen molar-refractivity contribution in [2.75, 3.05) is 19.4 Å². The predicted octanol–water partition coefficient (Wildman–Crippen LogP) is 2.54. The number of aryl methyl sites for hydroxylation is 1. The Morgan fingerprint density at radius 3 is 2.79 bits per heavy atom. The summed E-state index contributed by atoms with van der Waals surface area (Å²) in [6.07, 6.45) is 2.78. The van der Waals surface area contributed by atoms with Crippen molar-refractivity contribution in [2.45, 2.75) is 19.4 Å². The number of benzene rings is 1. The number of anilines is 2. The lowest BCUT2D eigenvalue weighted by molar-refractivity contribution is -0.385. The standard InChI is InChI=1S/C15H18FN5O3/c1-19(2)15(22)4-3-8-20-9-7-14(18-20)17-13-6-5-11(21(23)24)10-12(13)16/h5-7,9-10H,3-4,8H2,1-2H3,(H,17,18). The monoisotopic (exact) mass is 335 g/mol. The fraction of sp³-hybridized carbons (Fsp3) is 0.333. The number of carbonyl (C=O) groups is 1. The number of nitro groups is 1. The van der Waals surface area contributed by atoms with Crippen LogP contribution in [0.25, 0.3) is 0 Å². The summed E-state index contributed by atoms with van der Waals surface area (Å²) in [6.45, 7) is 0.560. The van der Waals surface area contributed by atoms with E-state index >= 15 is 0 Å².